The molecule has 0 aromatic heterocycles. The van der Waals surface area contributed by atoms with Crippen LogP contribution >= 0.6 is 33.9 Å². The molecule has 0 spiro atoms. The van der Waals surface area contributed by atoms with Crippen LogP contribution in [0.15, 0.2) is 17.0 Å². The second kappa shape index (κ2) is 6.71. The Labute approximate surface area is 132 Å². The van der Waals surface area contributed by atoms with Gasteiger partial charge in [0.25, 0.3) is 9.05 Å². The summed E-state index contributed by atoms with van der Waals surface area (Å²) in [5.74, 6) is 0.315. The molecule has 112 valence electrons. The first-order chi connectivity index (χ1) is 9.38. The Balaban J connectivity index is 2.11. The molecule has 0 saturated carbocycles. The molecular formula is C12H13Cl3O4S. The first-order valence-corrected chi connectivity index (χ1v) is 9.12. The van der Waals surface area contributed by atoms with Gasteiger partial charge < -0.3 is 9.47 Å². The molecule has 1 unspecified atom stereocenters. The van der Waals surface area contributed by atoms with Crippen molar-refractivity contribution in [2.24, 2.45) is 0 Å². The number of rotatable bonds is 4. The summed E-state index contributed by atoms with van der Waals surface area (Å²) in [6.07, 6.45) is 3.12. The second-order valence-electron chi connectivity index (χ2n) is 4.45. The zero-order valence-corrected chi connectivity index (χ0v) is 13.5. The maximum absolute atomic E-state index is 11.3. The average molecular weight is 360 g/mol. The lowest BCUT2D eigenvalue weighted by Crippen LogP contribution is -2.25. The molecule has 8 heteroatoms. The Bertz CT molecular complexity index is 583. The van der Waals surface area contributed by atoms with Crippen molar-refractivity contribution >= 4 is 42.9 Å². The van der Waals surface area contributed by atoms with Gasteiger partial charge in [0.2, 0.25) is 0 Å². The van der Waals surface area contributed by atoms with Crippen molar-refractivity contribution in [1.82, 2.24) is 0 Å². The molecule has 0 bridgehead atoms. The van der Waals surface area contributed by atoms with Gasteiger partial charge in [-0.1, -0.05) is 23.2 Å². The van der Waals surface area contributed by atoms with E-state index in [4.69, 9.17) is 43.4 Å². The quantitative estimate of drug-likeness (QED) is 0.766. The molecule has 0 radical (unpaired) electrons. The van der Waals surface area contributed by atoms with Gasteiger partial charge in [-0.2, -0.15) is 0 Å². The van der Waals surface area contributed by atoms with Gasteiger partial charge in [0.1, 0.15) is 17.3 Å². The maximum atomic E-state index is 11.3. The predicted molar refractivity (Wildman–Crippen MR) is 78.6 cm³/mol. The zero-order valence-electron chi connectivity index (χ0n) is 10.4. The van der Waals surface area contributed by atoms with E-state index in [-0.39, 0.29) is 21.0 Å². The molecule has 1 saturated heterocycles. The fourth-order valence-electron chi connectivity index (χ4n) is 1.93. The molecule has 20 heavy (non-hydrogen) atoms. The highest BCUT2D eigenvalue weighted by molar-refractivity contribution is 8.13. The topological polar surface area (TPSA) is 52.6 Å². The summed E-state index contributed by atoms with van der Waals surface area (Å²) in [6.45, 7) is 1.08. The summed E-state index contributed by atoms with van der Waals surface area (Å²) >= 11 is 11.9. The van der Waals surface area contributed by atoms with Crippen molar-refractivity contribution < 1.29 is 17.9 Å². The van der Waals surface area contributed by atoms with Gasteiger partial charge in [-0.3, -0.25) is 0 Å². The first kappa shape index (κ1) is 16.2. The third-order valence-corrected chi connectivity index (χ3v) is 5.03. The molecule has 0 aliphatic carbocycles. The van der Waals surface area contributed by atoms with Crippen LogP contribution in [0.2, 0.25) is 10.0 Å². The third kappa shape index (κ3) is 4.15. The van der Waals surface area contributed by atoms with Crippen molar-refractivity contribution in [3.05, 3.63) is 22.2 Å². The summed E-state index contributed by atoms with van der Waals surface area (Å²) in [4.78, 5) is -0.230. The van der Waals surface area contributed by atoms with Crippen LogP contribution in [0.4, 0.5) is 0 Å². The summed E-state index contributed by atoms with van der Waals surface area (Å²) in [7, 11) is 1.32. The van der Waals surface area contributed by atoms with E-state index in [1.54, 1.807) is 0 Å². The summed E-state index contributed by atoms with van der Waals surface area (Å²) < 4.78 is 33.6. The lowest BCUT2D eigenvalue weighted by atomic mass is 10.1. The number of hydrogen-bond acceptors (Lipinski definition) is 4. The standard InChI is InChI=1S/C12H13Cl3O4S/c13-9-6-12(20(15,16)17)10(14)5-11(9)19-7-8-3-1-2-4-18-8/h5-6,8H,1-4,7H2. The number of ether oxygens (including phenoxy) is 2. The van der Waals surface area contributed by atoms with E-state index in [0.717, 1.165) is 25.9 Å². The smallest absolute Gasteiger partial charge is 0.262 e. The minimum Gasteiger partial charge on any atom is -0.489 e. The average Bonchev–Trinajstić information content (AvgIpc) is 2.39. The van der Waals surface area contributed by atoms with Gasteiger partial charge in [0.05, 0.1) is 16.1 Å². The normalized spacial score (nSPS) is 19.9. The van der Waals surface area contributed by atoms with E-state index < -0.39 is 9.05 Å². The van der Waals surface area contributed by atoms with Crippen molar-refractivity contribution in [3.8, 4) is 5.75 Å². The molecule has 1 heterocycles. The highest BCUT2D eigenvalue weighted by Gasteiger charge is 2.20. The fourth-order valence-corrected chi connectivity index (χ4v) is 3.72. The Kier molecular flexibility index (Phi) is 5.42. The summed E-state index contributed by atoms with van der Waals surface area (Å²) in [5, 5.41) is 0.119. The van der Waals surface area contributed by atoms with Crippen LogP contribution in [0.3, 0.4) is 0 Å². The van der Waals surface area contributed by atoms with Crippen LogP contribution in [0, 0.1) is 0 Å². The number of benzene rings is 1. The van der Waals surface area contributed by atoms with Gasteiger partial charge in [0.15, 0.2) is 0 Å². The molecule has 1 fully saturated rings. The largest absolute Gasteiger partial charge is 0.489 e. The van der Waals surface area contributed by atoms with E-state index in [0.29, 0.717) is 12.4 Å². The fraction of sp³-hybridized carbons (Fsp3) is 0.500. The molecule has 2 rings (SSSR count). The van der Waals surface area contributed by atoms with Gasteiger partial charge in [-0.25, -0.2) is 8.42 Å². The maximum Gasteiger partial charge on any atom is 0.262 e. The molecule has 4 nitrogen and oxygen atoms in total. The van der Waals surface area contributed by atoms with Gasteiger partial charge in [-0.15, -0.1) is 0 Å². The highest BCUT2D eigenvalue weighted by Crippen LogP contribution is 2.35. The van der Waals surface area contributed by atoms with Crippen molar-refractivity contribution in [1.29, 1.82) is 0 Å². The van der Waals surface area contributed by atoms with Crippen LogP contribution < -0.4 is 4.74 Å². The Morgan fingerprint density at radius 3 is 2.60 bits per heavy atom. The second-order valence-corrected chi connectivity index (χ2v) is 7.80. The molecule has 1 atom stereocenters. The minimum absolute atomic E-state index is 0.0232. The van der Waals surface area contributed by atoms with Crippen LogP contribution in [0.25, 0.3) is 0 Å². The van der Waals surface area contributed by atoms with E-state index in [1.165, 1.54) is 12.1 Å². The molecule has 1 aliphatic rings. The monoisotopic (exact) mass is 358 g/mol. The third-order valence-electron chi connectivity index (χ3n) is 2.95. The van der Waals surface area contributed by atoms with E-state index in [2.05, 4.69) is 0 Å². The Hall–Kier alpha value is -0.200. The molecule has 0 N–H and O–H groups in total. The SMILES string of the molecule is O=S(=O)(Cl)c1cc(Cl)c(OCC2CCCCO2)cc1Cl. The molecule has 0 amide bonds. The van der Waals surface area contributed by atoms with E-state index in [1.807, 2.05) is 0 Å². The van der Waals surface area contributed by atoms with Crippen molar-refractivity contribution in [3.63, 3.8) is 0 Å². The first-order valence-electron chi connectivity index (χ1n) is 6.06. The van der Waals surface area contributed by atoms with Crippen LogP contribution in [0.5, 0.6) is 5.75 Å². The van der Waals surface area contributed by atoms with Gasteiger partial charge in [0, 0.05) is 23.4 Å². The lowest BCUT2D eigenvalue weighted by Gasteiger charge is -2.23. The molecular weight excluding hydrogens is 347 g/mol. The van der Waals surface area contributed by atoms with Gasteiger partial charge in [-0.05, 0) is 25.3 Å². The van der Waals surface area contributed by atoms with E-state index >= 15 is 0 Å². The van der Waals surface area contributed by atoms with Crippen molar-refractivity contribution in [2.45, 2.75) is 30.3 Å². The Morgan fingerprint density at radius 1 is 1.25 bits per heavy atom. The lowest BCUT2D eigenvalue weighted by molar-refractivity contribution is -0.0110. The summed E-state index contributed by atoms with van der Waals surface area (Å²) in [6, 6.07) is 2.53. The zero-order chi connectivity index (χ0) is 14.8. The van der Waals surface area contributed by atoms with Crippen molar-refractivity contribution in [2.75, 3.05) is 13.2 Å². The minimum atomic E-state index is -3.93. The Morgan fingerprint density at radius 2 is 2.00 bits per heavy atom. The van der Waals surface area contributed by atoms with Crippen LogP contribution in [-0.4, -0.2) is 27.7 Å². The van der Waals surface area contributed by atoms with Crippen LogP contribution in [-0.2, 0) is 13.8 Å². The molecule has 1 aromatic rings. The molecule has 1 aromatic carbocycles. The van der Waals surface area contributed by atoms with E-state index in [9.17, 15) is 8.42 Å². The predicted octanol–water partition coefficient (Wildman–Crippen LogP) is 3.87. The molecule has 1 aliphatic heterocycles. The van der Waals surface area contributed by atoms with Gasteiger partial charge >= 0.3 is 0 Å². The highest BCUT2D eigenvalue weighted by atomic mass is 35.7. The number of hydrogen-bond donors (Lipinski definition) is 0. The summed E-state index contributed by atoms with van der Waals surface area (Å²) in [5.41, 5.74) is 0. The number of halogens is 3. The van der Waals surface area contributed by atoms with Crippen LogP contribution in [0.1, 0.15) is 19.3 Å².